The van der Waals surface area contributed by atoms with Crippen molar-refractivity contribution in [3.8, 4) is 0 Å². The molecule has 9 saturated heterocycles. The smallest absolute Gasteiger partial charge is 0.398 e. The summed E-state index contributed by atoms with van der Waals surface area (Å²) in [6, 6.07) is 4.71. The molecule has 71 heteroatoms. The van der Waals surface area contributed by atoms with Crippen LogP contribution in [0, 0.1) is 6.92 Å². The Morgan fingerprint density at radius 3 is 1.39 bits per heavy atom. The van der Waals surface area contributed by atoms with E-state index in [1.807, 2.05) is 0 Å². The van der Waals surface area contributed by atoms with Gasteiger partial charge in [0, 0.05) is 36.1 Å². The monoisotopic (exact) mass is 2020 g/mol. The first kappa shape index (κ1) is 94.0. The lowest BCUT2D eigenvalue weighted by molar-refractivity contribution is -0.204. The molecule has 21 heterocycles. The molecule has 0 amide bonds. The van der Waals surface area contributed by atoms with Crippen LogP contribution >= 0.6 is 46.9 Å². The molecular weight excluding hydrogens is 1950 g/mol. The summed E-state index contributed by atoms with van der Waals surface area (Å²) in [5.41, 5.74) is 28.1. The highest BCUT2D eigenvalue weighted by atomic mass is 31.2. The standard InChI is InChI=1S/C22H26N8O12P2.C21H24FN9O13P2.C21H25N9O13P2/c23-11-1-3-25-17-10(11)2-4-29(17)21-15(31)16-13(40-21)7-38-43(33,34)41-12-5-9(6-37-44(35,36)42-16)39-20(12)30-8-26-14-18(30)27-22(24)28-19(14)32;22-21-4-40-46(37,38)43-12-8(41-18(11(12)32)30-5-26-9-7(23)1-2-25-15(9)30)3-39-45(35,36)44-13(14(21)33)19(42-21)31-6-27-10-16(31)28-20(24)29-17(10)34;1-7-27-16(22)10-18(28-7)30(5-25-10)20-13(32)14-9(41-20)3-39-45(36,37)43-15-12(31)8(2-38-44(34,35)42-14)40-21(15)29-6-26-11-17(29)23-4-24-19(11)33/h1-4,8-9,12-13,15-16,20-21,31H,5-7H2,(H2,23,25)(H,33,34)(H,35,36)(H3,24,27,28,32);1-2,5-6,8,11-14,18-19,32-33H,3-4H2,(H2,23,25)(H,35,36)(H,37,38)(H3,24,28,29,34);4-6,8-9,12-15,20-21,31-32H,2-3H2,1H3,(H,34,35)(H,36,37)(H2,22,27,28)(H,23,24,33)/t9-,12+,13+,15+,16+,20+,21+;8-,11-,12-,13-,14+,18-,19-,21-;8-,9-,12-,13-,14-,15-,20-,21-/m011/s1. The maximum Gasteiger partial charge on any atom is 0.472 e. The number of imidazole rings is 5. The Hall–Kier alpha value is -9.94. The minimum absolute atomic E-state index is 0.00611. The summed E-state index contributed by atoms with van der Waals surface area (Å²) < 4.78 is 199. The second-order valence-corrected chi connectivity index (χ2v) is 39.5. The molecule has 21 rings (SSSR count). The zero-order chi connectivity index (χ0) is 95.6. The molecule has 0 radical (unpaired) electrons. The number of H-pyrrole nitrogens is 3. The molecule has 12 aromatic heterocycles. The summed E-state index contributed by atoms with van der Waals surface area (Å²) in [6.07, 6.45) is -23.6. The fraction of sp³-hybridized carbons (Fsp3) is 0.484. The number of halogens is 1. The SMILES string of the molecule is Cc1nc(N)c2ncn([C@@H]3O[C@@H]4COP(=O)(O)O[C@@H]5[C@H](O)[C@@H](COP(=O)(O)O[C@H]4[C@H]3O)O[C@H]5n3cnc4c(=O)[nH]cnc43)c2n1.Nc1nc2c(ncn2[C@@H]2O[C@@H]3COP(=O)(O)O[C@H]4[C@@H](O)[C@H](n5ccc6c(N)ccnc65)O[C@@H]4COP(=O)(O)O[C@@H]2C3)c(=O)[nH]1.Nc1nc2c(ncn2[C@@H]2O[C@]3(F)COP(=O)(O)O[C@H]4[C@@H](O)[C@H](n5cnc6c(N)ccnc65)O[C@@H]4COP(=O)(O)O[C@@H]2[C@@H]3O)c(=O)[nH]1. The average molecular weight is 2020 g/mol. The van der Waals surface area contributed by atoms with Crippen LogP contribution < -0.4 is 45.3 Å². The minimum Gasteiger partial charge on any atom is -0.398 e. The number of nitrogens with one attached hydrogen (secondary N) is 3. The van der Waals surface area contributed by atoms with Gasteiger partial charge < -0.3 is 122 Å². The van der Waals surface area contributed by atoms with Crippen LogP contribution in [0.4, 0.5) is 33.5 Å². The first-order chi connectivity index (χ1) is 63.9. The van der Waals surface area contributed by atoms with Crippen molar-refractivity contribution < 1.29 is 169 Å². The number of aliphatic hydroxyl groups excluding tert-OH is 5. The van der Waals surface area contributed by atoms with E-state index in [2.05, 4.69) is 74.8 Å². The molecule has 24 N–H and O–H groups in total. The van der Waals surface area contributed by atoms with Crippen LogP contribution in [0.15, 0.2) is 89.1 Å². The number of anilines is 5. The van der Waals surface area contributed by atoms with Crippen LogP contribution in [-0.4, -0.2) is 300 Å². The maximum absolute atomic E-state index is 16.2. The van der Waals surface area contributed by atoms with Gasteiger partial charge in [-0.3, -0.25) is 101 Å². The molecule has 12 aromatic rings. The van der Waals surface area contributed by atoms with Crippen LogP contribution in [0.2, 0.25) is 0 Å². The van der Waals surface area contributed by atoms with Gasteiger partial charge in [0.15, 0.2) is 88.0 Å². The predicted octanol–water partition coefficient (Wildman–Crippen LogP) is -3.16. The second-order valence-electron chi connectivity index (χ2n) is 31.1. The summed E-state index contributed by atoms with van der Waals surface area (Å²) in [4.78, 5) is 156. The lowest BCUT2D eigenvalue weighted by atomic mass is 10.1. The van der Waals surface area contributed by atoms with Gasteiger partial charge in [-0.05, 0) is 25.1 Å². The quantitative estimate of drug-likeness (QED) is 0.0731. The molecule has 0 aromatic carbocycles. The molecule has 0 saturated carbocycles. The molecule has 64 nitrogen and oxygen atoms in total. The van der Waals surface area contributed by atoms with Gasteiger partial charge >= 0.3 is 46.9 Å². The summed E-state index contributed by atoms with van der Waals surface area (Å²) in [6.45, 7) is -3.72. The van der Waals surface area contributed by atoms with E-state index in [0.29, 0.717) is 16.7 Å². The van der Waals surface area contributed by atoms with E-state index in [0.717, 1.165) is 23.5 Å². The van der Waals surface area contributed by atoms with Gasteiger partial charge in [0.2, 0.25) is 11.9 Å². The average Bonchev–Trinajstić information content (AvgIpc) is 1.59. The third kappa shape index (κ3) is 18.0. The molecule has 9 aliphatic rings. The number of alkyl halides is 1. The van der Waals surface area contributed by atoms with E-state index in [-0.39, 0.29) is 91.5 Å². The number of aliphatic hydroxyl groups is 5. The molecule has 135 heavy (non-hydrogen) atoms. The molecule has 6 bridgehead atoms. The van der Waals surface area contributed by atoms with E-state index in [1.165, 1.54) is 60.3 Å². The highest BCUT2D eigenvalue weighted by Crippen LogP contribution is 2.60. The third-order valence-electron chi connectivity index (χ3n) is 22.3. The number of phosphoric acid groups is 6. The number of aromatic nitrogens is 21. The molecule has 0 aliphatic carbocycles. The van der Waals surface area contributed by atoms with Gasteiger partial charge in [0.25, 0.3) is 22.5 Å². The molecule has 9 aliphatic heterocycles. The number of nitrogens with two attached hydrogens (primary N) is 5. The first-order valence-corrected chi connectivity index (χ1v) is 48.4. The second kappa shape index (κ2) is 35.2. The summed E-state index contributed by atoms with van der Waals surface area (Å²) in [7, 11) is -30.6. The van der Waals surface area contributed by atoms with Gasteiger partial charge in [0.05, 0.1) is 82.8 Å². The Balaban J connectivity index is 0.000000130. The van der Waals surface area contributed by atoms with Crippen LogP contribution in [-0.2, 0) is 110 Å². The van der Waals surface area contributed by atoms with E-state index < -0.39 is 244 Å². The van der Waals surface area contributed by atoms with Crippen molar-refractivity contribution in [2.75, 3.05) is 68.3 Å². The van der Waals surface area contributed by atoms with Gasteiger partial charge in [-0.2, -0.15) is 9.97 Å². The Morgan fingerprint density at radius 1 is 0.407 bits per heavy atom. The van der Waals surface area contributed by atoms with Gasteiger partial charge in [-0.25, -0.2) is 81.6 Å². The summed E-state index contributed by atoms with van der Waals surface area (Å²) >= 11 is 0. The lowest BCUT2D eigenvalue weighted by Crippen LogP contribution is -2.43. The summed E-state index contributed by atoms with van der Waals surface area (Å²) in [5.74, 6) is -3.66. The molecule has 9 fully saturated rings. The summed E-state index contributed by atoms with van der Waals surface area (Å²) in [5, 5.41) is 55.9. The highest BCUT2D eigenvalue weighted by Gasteiger charge is 2.63. The van der Waals surface area contributed by atoms with E-state index in [1.54, 1.807) is 25.3 Å². The van der Waals surface area contributed by atoms with Crippen molar-refractivity contribution in [1.29, 1.82) is 0 Å². The van der Waals surface area contributed by atoms with Crippen molar-refractivity contribution in [3.05, 3.63) is 112 Å². The Kier molecular flexibility index (Phi) is 24.5. The van der Waals surface area contributed by atoms with Crippen LogP contribution in [0.25, 0.3) is 66.9 Å². The number of aryl methyl sites for hydroxylation is 1. The van der Waals surface area contributed by atoms with Crippen LogP contribution in [0.1, 0.15) is 49.6 Å². The van der Waals surface area contributed by atoms with Crippen LogP contribution in [0.3, 0.4) is 0 Å². The fourth-order valence-electron chi connectivity index (χ4n) is 16.3. The molecule has 6 unspecified atom stereocenters. The Morgan fingerprint density at radius 2 is 0.830 bits per heavy atom. The van der Waals surface area contributed by atoms with Gasteiger partial charge in [-0.15, -0.1) is 0 Å². The lowest BCUT2D eigenvalue weighted by Gasteiger charge is -2.26. The minimum atomic E-state index is -5.34. The van der Waals surface area contributed by atoms with Crippen molar-refractivity contribution in [3.63, 3.8) is 0 Å². The van der Waals surface area contributed by atoms with Gasteiger partial charge in [-0.1, -0.05) is 0 Å². The largest absolute Gasteiger partial charge is 0.472 e. The number of hydrogen-bond acceptors (Lipinski definition) is 49. The maximum atomic E-state index is 16.2. The number of aromatic amines is 3. The molecule has 0 spiro atoms. The highest BCUT2D eigenvalue weighted by molar-refractivity contribution is 7.48. The number of fused-ring (bicyclic) bond motifs is 15. The van der Waals surface area contributed by atoms with Crippen LogP contribution in [0.5, 0.6) is 0 Å². The van der Waals surface area contributed by atoms with Gasteiger partial charge in [0.1, 0.15) is 121 Å². The number of hydrogen-bond donors (Lipinski definition) is 19. The number of phosphoric ester groups is 6. The molecule has 726 valence electrons. The zero-order valence-corrected chi connectivity index (χ0v) is 73.4. The van der Waals surface area contributed by atoms with Crippen molar-refractivity contribution in [2.45, 2.75) is 154 Å². The number of rotatable bonds is 6. The first-order valence-electron chi connectivity index (χ1n) is 39.5. The van der Waals surface area contributed by atoms with E-state index in [9.17, 15) is 96.7 Å². The Labute approximate surface area is 745 Å². The molecule has 29 atom stereocenters. The topological polar surface area (TPSA) is 904 Å². The van der Waals surface area contributed by atoms with Crippen molar-refractivity contribution in [1.82, 2.24) is 102 Å². The normalized spacial score (nSPS) is 37.7. The van der Waals surface area contributed by atoms with E-state index in [4.69, 9.17) is 111 Å². The number of nitrogens with zero attached hydrogens (tertiary/aromatic N) is 18. The fourth-order valence-corrected chi connectivity index (χ4v) is 22.0. The zero-order valence-electron chi connectivity index (χ0n) is 68.0. The number of pyridine rings is 2. The molecular formula is C64H75FN26O38P6. The number of ether oxygens (including phenoxy) is 6. The number of nitrogen functional groups attached to an aromatic ring is 5. The van der Waals surface area contributed by atoms with Crippen molar-refractivity contribution >= 4 is 143 Å². The van der Waals surface area contributed by atoms with E-state index >= 15 is 4.39 Å². The predicted molar refractivity (Wildman–Crippen MR) is 436 cm³/mol. The Bertz CT molecular complexity index is 7130. The van der Waals surface area contributed by atoms with Crippen molar-refractivity contribution in [2.24, 2.45) is 0 Å². The third-order valence-corrected chi connectivity index (χ3v) is 28.3.